The van der Waals surface area contributed by atoms with Crippen LogP contribution in [0.4, 0.5) is 0 Å². The van der Waals surface area contributed by atoms with Crippen molar-refractivity contribution in [1.82, 2.24) is 28.5 Å². The third kappa shape index (κ3) is 3.65. The summed E-state index contributed by atoms with van der Waals surface area (Å²) < 4.78 is 10.3. The number of nitrogens with zero attached hydrogens (tertiary/aromatic N) is 5. The SMILES string of the molecule is CCCCn1c(=O)[nH]c(=O)c2c1nc(COC(=O)c1nc(SC)n3ccccc13)n2C. The highest BCUT2D eigenvalue weighted by molar-refractivity contribution is 7.98. The third-order valence-corrected chi connectivity index (χ3v) is 5.72. The molecule has 4 heterocycles. The van der Waals surface area contributed by atoms with Gasteiger partial charge in [-0.05, 0) is 24.8 Å². The van der Waals surface area contributed by atoms with Crippen molar-refractivity contribution in [1.29, 1.82) is 0 Å². The van der Waals surface area contributed by atoms with Crippen molar-refractivity contribution in [3.8, 4) is 0 Å². The van der Waals surface area contributed by atoms with Crippen molar-refractivity contribution in [2.75, 3.05) is 6.26 Å². The molecule has 0 atom stereocenters. The van der Waals surface area contributed by atoms with Crippen LogP contribution in [0.1, 0.15) is 36.1 Å². The largest absolute Gasteiger partial charge is 0.453 e. The van der Waals surface area contributed by atoms with Gasteiger partial charge in [0, 0.05) is 19.8 Å². The number of rotatable bonds is 7. The Balaban J connectivity index is 1.66. The summed E-state index contributed by atoms with van der Waals surface area (Å²) >= 11 is 1.42. The second-order valence-electron chi connectivity index (χ2n) is 7.00. The van der Waals surface area contributed by atoms with Crippen LogP contribution >= 0.6 is 11.8 Å². The average molecular weight is 443 g/mol. The van der Waals surface area contributed by atoms with Crippen LogP contribution in [-0.4, -0.2) is 40.7 Å². The molecule has 0 aliphatic heterocycles. The second kappa shape index (κ2) is 8.42. The molecule has 162 valence electrons. The van der Waals surface area contributed by atoms with Crippen molar-refractivity contribution < 1.29 is 9.53 Å². The first-order valence-corrected chi connectivity index (χ1v) is 11.0. The van der Waals surface area contributed by atoms with Crippen LogP contribution in [0.25, 0.3) is 16.7 Å². The number of hydrogen-bond acceptors (Lipinski definition) is 7. The lowest BCUT2D eigenvalue weighted by molar-refractivity contribution is 0.0455. The number of ether oxygens (including phenoxy) is 1. The molecule has 0 spiro atoms. The number of fused-ring (bicyclic) bond motifs is 2. The van der Waals surface area contributed by atoms with Crippen LogP contribution in [0.3, 0.4) is 0 Å². The van der Waals surface area contributed by atoms with Gasteiger partial charge in [0.1, 0.15) is 12.4 Å². The van der Waals surface area contributed by atoms with Crippen molar-refractivity contribution in [2.24, 2.45) is 7.05 Å². The Hall–Kier alpha value is -3.34. The van der Waals surface area contributed by atoms with Gasteiger partial charge in [0.05, 0.1) is 5.52 Å². The molecule has 0 unspecified atom stereocenters. The number of carbonyl (C=O) groups excluding carboxylic acids is 1. The Kier molecular flexibility index (Phi) is 5.68. The molecule has 4 aromatic heterocycles. The molecule has 10 nitrogen and oxygen atoms in total. The minimum absolute atomic E-state index is 0.161. The lowest BCUT2D eigenvalue weighted by atomic mass is 10.3. The number of aromatic nitrogens is 6. The molecular weight excluding hydrogens is 420 g/mol. The number of thioether (sulfide) groups is 1. The molecule has 31 heavy (non-hydrogen) atoms. The van der Waals surface area contributed by atoms with E-state index >= 15 is 0 Å². The van der Waals surface area contributed by atoms with E-state index in [1.54, 1.807) is 17.7 Å². The molecular formula is C20H22N6O4S. The number of imidazole rings is 2. The van der Waals surface area contributed by atoms with E-state index in [4.69, 9.17) is 4.74 Å². The van der Waals surface area contributed by atoms with Gasteiger partial charge in [0.25, 0.3) is 5.56 Å². The van der Waals surface area contributed by atoms with E-state index in [9.17, 15) is 14.4 Å². The maximum absolute atomic E-state index is 12.7. The maximum atomic E-state index is 12.7. The minimum Gasteiger partial charge on any atom is -0.453 e. The third-order valence-electron chi connectivity index (χ3n) is 5.07. The van der Waals surface area contributed by atoms with Gasteiger partial charge < -0.3 is 9.30 Å². The highest BCUT2D eigenvalue weighted by Crippen LogP contribution is 2.21. The van der Waals surface area contributed by atoms with Crippen LogP contribution in [0.15, 0.2) is 39.1 Å². The molecule has 0 saturated carbocycles. The number of aromatic amines is 1. The Bertz CT molecular complexity index is 1400. The molecule has 0 amide bonds. The van der Waals surface area contributed by atoms with Crippen molar-refractivity contribution in [2.45, 2.75) is 38.1 Å². The van der Waals surface area contributed by atoms with Gasteiger partial charge in [0.2, 0.25) is 0 Å². The van der Waals surface area contributed by atoms with Gasteiger partial charge in [-0.25, -0.2) is 19.6 Å². The molecule has 0 aliphatic rings. The molecule has 4 rings (SSSR count). The van der Waals surface area contributed by atoms with Crippen LogP contribution in [0.5, 0.6) is 0 Å². The average Bonchev–Trinajstić information content (AvgIpc) is 3.30. The van der Waals surface area contributed by atoms with Crippen LogP contribution < -0.4 is 11.2 Å². The first kappa shape index (κ1) is 20.9. The number of pyridine rings is 1. The zero-order valence-corrected chi connectivity index (χ0v) is 18.2. The number of esters is 1. The first-order chi connectivity index (χ1) is 15.0. The van der Waals surface area contributed by atoms with Gasteiger partial charge in [-0.3, -0.25) is 18.7 Å². The van der Waals surface area contributed by atoms with E-state index < -0.39 is 17.2 Å². The first-order valence-electron chi connectivity index (χ1n) is 9.82. The molecule has 4 aromatic rings. The lowest BCUT2D eigenvalue weighted by Gasteiger charge is -2.04. The van der Waals surface area contributed by atoms with Crippen molar-refractivity contribution >= 4 is 34.4 Å². The molecule has 1 N–H and O–H groups in total. The zero-order chi connectivity index (χ0) is 22.1. The number of H-pyrrole nitrogens is 1. The molecule has 0 aromatic carbocycles. The number of unbranched alkanes of at least 4 members (excludes halogenated alkanes) is 1. The molecule has 0 aliphatic carbocycles. The summed E-state index contributed by atoms with van der Waals surface area (Å²) in [6.07, 6.45) is 5.37. The van der Waals surface area contributed by atoms with Crippen LogP contribution in [-0.2, 0) is 24.9 Å². The quantitative estimate of drug-likeness (QED) is 0.343. The Morgan fingerprint density at radius 1 is 1.26 bits per heavy atom. The van der Waals surface area contributed by atoms with Gasteiger partial charge in [-0.15, -0.1) is 0 Å². The summed E-state index contributed by atoms with van der Waals surface area (Å²) in [5, 5.41) is 0.678. The minimum atomic E-state index is -0.590. The summed E-state index contributed by atoms with van der Waals surface area (Å²) in [7, 11) is 1.65. The normalized spacial score (nSPS) is 11.5. The highest BCUT2D eigenvalue weighted by atomic mass is 32.2. The topological polar surface area (TPSA) is 116 Å². The summed E-state index contributed by atoms with van der Waals surface area (Å²) in [6.45, 7) is 2.29. The van der Waals surface area contributed by atoms with E-state index in [1.807, 2.05) is 35.9 Å². The predicted octanol–water partition coefficient (Wildman–Crippen LogP) is 1.95. The number of hydrogen-bond donors (Lipinski definition) is 1. The van der Waals surface area contributed by atoms with E-state index in [0.717, 1.165) is 12.8 Å². The number of aryl methyl sites for hydroxylation is 2. The van der Waals surface area contributed by atoms with Gasteiger partial charge in [-0.1, -0.05) is 31.2 Å². The highest BCUT2D eigenvalue weighted by Gasteiger charge is 2.21. The zero-order valence-electron chi connectivity index (χ0n) is 17.4. The monoisotopic (exact) mass is 442 g/mol. The summed E-state index contributed by atoms with van der Waals surface area (Å²) in [6, 6.07) is 5.48. The molecule has 0 saturated heterocycles. The van der Waals surface area contributed by atoms with E-state index in [2.05, 4.69) is 15.0 Å². The van der Waals surface area contributed by atoms with E-state index in [1.165, 1.54) is 16.3 Å². The molecule has 0 radical (unpaired) electrons. The summed E-state index contributed by atoms with van der Waals surface area (Å²) in [5.74, 6) is -0.230. The standard InChI is InChI=1S/C20H22N6O4S/c1-4-5-9-26-16-15(17(27)23-19(26)29)24(2)13(21-16)11-30-18(28)14-12-8-6-7-10-25(12)20(22-14)31-3/h6-8,10H,4-5,9,11H2,1-3H3,(H,23,27,29). The molecule has 0 bridgehead atoms. The van der Waals surface area contributed by atoms with E-state index in [0.29, 0.717) is 23.0 Å². The molecule has 0 fully saturated rings. The maximum Gasteiger partial charge on any atom is 0.359 e. The Morgan fingerprint density at radius 3 is 2.81 bits per heavy atom. The smallest absolute Gasteiger partial charge is 0.359 e. The number of carbonyl (C=O) groups is 1. The van der Waals surface area contributed by atoms with Gasteiger partial charge in [0.15, 0.2) is 22.0 Å². The fraction of sp³-hybridized carbons (Fsp3) is 0.350. The Labute approximate surface area is 180 Å². The Morgan fingerprint density at radius 2 is 2.06 bits per heavy atom. The van der Waals surface area contributed by atoms with Gasteiger partial charge >= 0.3 is 11.7 Å². The lowest BCUT2D eigenvalue weighted by Crippen LogP contribution is -2.31. The van der Waals surface area contributed by atoms with Crippen LogP contribution in [0.2, 0.25) is 0 Å². The van der Waals surface area contributed by atoms with Crippen molar-refractivity contribution in [3.05, 3.63) is 56.8 Å². The number of nitrogens with one attached hydrogen (secondary N) is 1. The summed E-state index contributed by atoms with van der Waals surface area (Å²) in [5.41, 5.74) is 0.381. The molecule has 11 heteroatoms. The fourth-order valence-corrected chi connectivity index (χ4v) is 3.98. The van der Waals surface area contributed by atoms with Crippen molar-refractivity contribution in [3.63, 3.8) is 0 Å². The van der Waals surface area contributed by atoms with Crippen LogP contribution in [0, 0.1) is 0 Å². The second-order valence-corrected chi connectivity index (χ2v) is 7.78. The van der Waals surface area contributed by atoms with Gasteiger partial charge in [-0.2, -0.15) is 0 Å². The summed E-state index contributed by atoms with van der Waals surface area (Å²) in [4.78, 5) is 48.5. The fourth-order valence-electron chi connectivity index (χ4n) is 3.45. The van der Waals surface area contributed by atoms with E-state index in [-0.39, 0.29) is 23.5 Å². The predicted molar refractivity (Wildman–Crippen MR) is 117 cm³/mol.